The molecule has 0 unspecified atom stereocenters. The van der Waals surface area contributed by atoms with Gasteiger partial charge in [0.25, 0.3) is 0 Å². The summed E-state index contributed by atoms with van der Waals surface area (Å²) in [6.45, 7) is 5.46. The highest BCUT2D eigenvalue weighted by atomic mass is 16.4. The Bertz CT molecular complexity index is 2190. The monoisotopic (exact) mass is 688 g/mol. The van der Waals surface area contributed by atoms with Crippen LogP contribution in [0.2, 0.25) is 0 Å². The van der Waals surface area contributed by atoms with Crippen LogP contribution in [0.5, 0.6) is 0 Å². The minimum Gasteiger partial charge on any atom is -0.480 e. The number of aryl methyl sites for hydroxylation is 3. The van der Waals surface area contributed by atoms with E-state index in [0.717, 1.165) is 74.4 Å². The molecule has 6 rings (SSSR count). The lowest BCUT2D eigenvalue weighted by molar-refractivity contribution is -0.138. The maximum atomic E-state index is 11.7. The van der Waals surface area contributed by atoms with Crippen LogP contribution in [-0.4, -0.2) is 59.8 Å². The zero-order chi connectivity index (χ0) is 36.7. The first-order chi connectivity index (χ1) is 24.5. The van der Waals surface area contributed by atoms with E-state index in [-0.39, 0.29) is 5.96 Å². The molecule has 0 amide bonds. The molecular formula is C39H44N8O4. The van der Waals surface area contributed by atoms with Gasteiger partial charge in [0.2, 0.25) is 0 Å². The SMILES string of the molecule is CCCc1nc2c(C)cc(-c3nc4ccccc4n3C)cc2n1Cc1ccc(-c2ccccc2C(=O)O)cc1.N=C(N)NCCC[C@H](N)C(=O)O. The van der Waals surface area contributed by atoms with Crippen molar-refractivity contribution in [2.75, 3.05) is 6.54 Å². The first-order valence-electron chi connectivity index (χ1n) is 16.9. The van der Waals surface area contributed by atoms with E-state index in [2.05, 4.69) is 65.7 Å². The van der Waals surface area contributed by atoms with Gasteiger partial charge >= 0.3 is 11.9 Å². The van der Waals surface area contributed by atoms with Gasteiger partial charge in [-0.1, -0.05) is 61.5 Å². The number of imidazole rings is 2. The fraction of sp³-hybridized carbons (Fsp3) is 0.256. The zero-order valence-electron chi connectivity index (χ0n) is 29.1. The maximum absolute atomic E-state index is 11.7. The standard InChI is InChI=1S/C33H30N4O2.C6H14N4O2/c1-4-9-30-35-31-21(2)18-24(32-34-27-12-7-8-13-28(27)36(32)3)19-29(31)37(30)20-22-14-16-23(17-15-22)25-10-5-6-11-26(25)33(38)39;7-4(5(11)12)2-1-3-10-6(8)9/h5-8,10-19H,4,9,20H2,1-3H3,(H,38,39);4H,1-3,7H2,(H,11,12)(H4,8,9,10)/t;4-/m.0/s1. The van der Waals surface area contributed by atoms with Crippen LogP contribution >= 0.6 is 0 Å². The molecule has 12 heteroatoms. The molecule has 2 heterocycles. The molecule has 8 N–H and O–H groups in total. The van der Waals surface area contributed by atoms with Gasteiger partial charge in [-0.05, 0) is 78.8 Å². The van der Waals surface area contributed by atoms with Gasteiger partial charge < -0.3 is 36.1 Å². The van der Waals surface area contributed by atoms with E-state index < -0.39 is 18.0 Å². The lowest BCUT2D eigenvalue weighted by atomic mass is 9.98. The van der Waals surface area contributed by atoms with E-state index in [1.54, 1.807) is 12.1 Å². The third kappa shape index (κ3) is 8.42. The second kappa shape index (κ2) is 16.1. The van der Waals surface area contributed by atoms with Crippen molar-refractivity contribution in [3.8, 4) is 22.5 Å². The van der Waals surface area contributed by atoms with Crippen LogP contribution in [0, 0.1) is 12.3 Å². The Labute approximate surface area is 296 Å². The van der Waals surface area contributed by atoms with Crippen LogP contribution in [0.3, 0.4) is 0 Å². The number of rotatable bonds is 12. The Kier molecular flexibility index (Phi) is 11.5. The third-order valence-corrected chi connectivity index (χ3v) is 8.73. The number of aromatic carboxylic acids is 1. The van der Waals surface area contributed by atoms with E-state index in [1.165, 1.54) is 0 Å². The highest BCUT2D eigenvalue weighted by molar-refractivity contribution is 5.96. The molecule has 0 bridgehead atoms. The zero-order valence-corrected chi connectivity index (χ0v) is 29.1. The van der Waals surface area contributed by atoms with Crippen LogP contribution < -0.4 is 16.8 Å². The van der Waals surface area contributed by atoms with Gasteiger partial charge in [0.05, 0.1) is 27.6 Å². The predicted molar refractivity (Wildman–Crippen MR) is 201 cm³/mol. The molecule has 4 aromatic carbocycles. The molecule has 0 saturated heterocycles. The molecule has 0 aliphatic heterocycles. The molecular weight excluding hydrogens is 644 g/mol. The Hall–Kier alpha value is -6.01. The van der Waals surface area contributed by atoms with Crippen LogP contribution in [0.25, 0.3) is 44.6 Å². The summed E-state index contributed by atoms with van der Waals surface area (Å²) in [6.07, 6.45) is 2.87. The van der Waals surface area contributed by atoms with Crippen molar-refractivity contribution in [1.82, 2.24) is 24.4 Å². The number of carboxylic acid groups (broad SMARTS) is 2. The number of hydrogen-bond donors (Lipinski definition) is 6. The fourth-order valence-electron chi connectivity index (χ4n) is 6.13. The summed E-state index contributed by atoms with van der Waals surface area (Å²) < 4.78 is 4.47. The molecule has 1 atom stereocenters. The average molecular weight is 689 g/mol. The van der Waals surface area contributed by atoms with Gasteiger partial charge in [-0.15, -0.1) is 0 Å². The van der Waals surface area contributed by atoms with E-state index in [1.807, 2.05) is 42.5 Å². The lowest BCUT2D eigenvalue weighted by Crippen LogP contribution is -2.34. The number of para-hydroxylation sites is 2. The molecule has 0 aliphatic rings. The van der Waals surface area contributed by atoms with Crippen molar-refractivity contribution < 1.29 is 19.8 Å². The number of carbonyl (C=O) groups is 2. The highest BCUT2D eigenvalue weighted by Gasteiger charge is 2.18. The van der Waals surface area contributed by atoms with Gasteiger partial charge in [-0.25, -0.2) is 14.8 Å². The van der Waals surface area contributed by atoms with Gasteiger partial charge in [0.1, 0.15) is 17.7 Å². The number of hydrogen-bond acceptors (Lipinski definition) is 6. The van der Waals surface area contributed by atoms with Gasteiger partial charge in [-0.3, -0.25) is 10.2 Å². The Morgan fingerprint density at radius 3 is 2.31 bits per heavy atom. The molecule has 0 aliphatic carbocycles. The molecule has 6 aromatic rings. The molecule has 2 aromatic heterocycles. The van der Waals surface area contributed by atoms with E-state index in [0.29, 0.717) is 31.5 Å². The minimum absolute atomic E-state index is 0.112. The van der Waals surface area contributed by atoms with Crippen molar-refractivity contribution >= 4 is 40.0 Å². The second-order valence-corrected chi connectivity index (χ2v) is 12.5. The number of nitrogens with two attached hydrogens (primary N) is 2. The first-order valence-corrected chi connectivity index (χ1v) is 16.9. The summed E-state index contributed by atoms with van der Waals surface area (Å²) in [5.41, 5.74) is 19.7. The summed E-state index contributed by atoms with van der Waals surface area (Å²) >= 11 is 0. The maximum Gasteiger partial charge on any atom is 0.336 e. The van der Waals surface area contributed by atoms with Crippen molar-refractivity contribution in [1.29, 1.82) is 5.41 Å². The smallest absolute Gasteiger partial charge is 0.336 e. The first kappa shape index (κ1) is 36.3. The van der Waals surface area contributed by atoms with Crippen LogP contribution in [0.15, 0.2) is 84.9 Å². The molecule has 0 spiro atoms. The van der Waals surface area contributed by atoms with Crippen LogP contribution in [-0.2, 0) is 24.8 Å². The van der Waals surface area contributed by atoms with Crippen molar-refractivity contribution in [2.24, 2.45) is 18.5 Å². The summed E-state index contributed by atoms with van der Waals surface area (Å²) in [7, 11) is 2.06. The number of benzene rings is 4. The molecule has 0 fully saturated rings. The quantitative estimate of drug-likeness (QED) is 0.0513. The van der Waals surface area contributed by atoms with Crippen molar-refractivity contribution in [2.45, 2.75) is 52.1 Å². The number of fused-ring (bicyclic) bond motifs is 2. The summed E-state index contributed by atoms with van der Waals surface area (Å²) in [5.74, 6) is -0.0298. The van der Waals surface area contributed by atoms with E-state index >= 15 is 0 Å². The Balaban J connectivity index is 0.000000362. The number of nitrogens with one attached hydrogen (secondary N) is 2. The van der Waals surface area contributed by atoms with Crippen molar-refractivity contribution in [3.63, 3.8) is 0 Å². The molecule has 264 valence electrons. The van der Waals surface area contributed by atoms with Gasteiger partial charge in [-0.2, -0.15) is 0 Å². The molecule has 51 heavy (non-hydrogen) atoms. The number of aliphatic carboxylic acids is 1. The second-order valence-electron chi connectivity index (χ2n) is 12.5. The van der Waals surface area contributed by atoms with Crippen LogP contribution in [0.1, 0.15) is 53.5 Å². The number of nitrogens with zero attached hydrogens (tertiary/aromatic N) is 4. The minimum atomic E-state index is -1.00. The number of aromatic nitrogens is 4. The lowest BCUT2D eigenvalue weighted by Gasteiger charge is -2.12. The third-order valence-electron chi connectivity index (χ3n) is 8.73. The molecule has 0 saturated carbocycles. The summed E-state index contributed by atoms with van der Waals surface area (Å²) in [4.78, 5) is 31.9. The fourth-order valence-corrected chi connectivity index (χ4v) is 6.13. The highest BCUT2D eigenvalue weighted by Crippen LogP contribution is 2.31. The van der Waals surface area contributed by atoms with Gasteiger partial charge in [0.15, 0.2) is 5.96 Å². The van der Waals surface area contributed by atoms with E-state index in [9.17, 15) is 14.7 Å². The number of guanidine groups is 1. The molecule has 12 nitrogen and oxygen atoms in total. The normalized spacial score (nSPS) is 11.6. The van der Waals surface area contributed by atoms with E-state index in [4.69, 9.17) is 32.0 Å². The van der Waals surface area contributed by atoms with Gasteiger partial charge in [0, 0.05) is 32.1 Å². The largest absolute Gasteiger partial charge is 0.480 e. The summed E-state index contributed by atoms with van der Waals surface area (Å²) in [6, 6.07) is 27.1. The van der Waals surface area contributed by atoms with Crippen molar-refractivity contribution in [3.05, 3.63) is 107 Å². The summed E-state index contributed by atoms with van der Waals surface area (Å²) in [5, 5.41) is 27.3. The Morgan fingerprint density at radius 2 is 1.65 bits per heavy atom. The molecule has 0 radical (unpaired) electrons. The number of carboxylic acids is 2. The van der Waals surface area contributed by atoms with Crippen LogP contribution in [0.4, 0.5) is 0 Å². The average Bonchev–Trinajstić information content (AvgIpc) is 3.64. The Morgan fingerprint density at radius 1 is 0.941 bits per heavy atom. The predicted octanol–water partition coefficient (Wildman–Crippen LogP) is 5.93. The topological polar surface area (TPSA) is 198 Å².